The maximum atomic E-state index is 13.8. The summed E-state index contributed by atoms with van der Waals surface area (Å²) in [4.78, 5) is 32.2. The molecule has 0 spiro atoms. The fourth-order valence-corrected chi connectivity index (χ4v) is 5.94. The maximum Gasteiger partial charge on any atom is 0.494 e. The van der Waals surface area contributed by atoms with Gasteiger partial charge in [0.05, 0.1) is 30.5 Å². The number of carbonyl (C=O) groups excluding carboxylic acids is 2. The van der Waals surface area contributed by atoms with Crippen LogP contribution in [0.5, 0.6) is 0 Å². The fourth-order valence-electron chi connectivity index (χ4n) is 5.94. The molecule has 4 heterocycles. The molecular weight excluding hydrogens is 528 g/mol. The highest BCUT2D eigenvalue weighted by atomic mass is 19.1. The summed E-state index contributed by atoms with van der Waals surface area (Å²) in [5, 5.41) is 0. The molecule has 1 aromatic carbocycles. The summed E-state index contributed by atoms with van der Waals surface area (Å²) < 4.78 is 38.3. The number of fused-ring (bicyclic) bond motifs is 1. The Labute approximate surface area is 243 Å². The molecule has 5 rings (SSSR count). The molecule has 11 heteroatoms. The number of hydrogen-bond donors (Lipinski definition) is 0. The van der Waals surface area contributed by atoms with Crippen molar-refractivity contribution in [3.8, 4) is 0 Å². The standard InChI is InChI=1S/C30H45BFN3O6/c1-28(2,3)39-27(37)35-14-15-38-19-25(35)23-17-21(31-40-29(4,5)30(6,7)41-31)16-20-8-11-34(18-24(20)23)26(36)33-12-9-22(32)10-13-33/h16-17,22,25H,8-15,18-19H2,1-7H3/t25-/m0/s1. The molecule has 0 bridgehead atoms. The summed E-state index contributed by atoms with van der Waals surface area (Å²) in [6, 6.07) is 3.72. The zero-order valence-corrected chi connectivity index (χ0v) is 25.6. The lowest BCUT2D eigenvalue weighted by Crippen LogP contribution is -2.50. The monoisotopic (exact) mass is 573 g/mol. The second-order valence-electron chi connectivity index (χ2n) is 13.7. The van der Waals surface area contributed by atoms with Crippen molar-refractivity contribution in [3.05, 3.63) is 28.8 Å². The summed E-state index contributed by atoms with van der Waals surface area (Å²) >= 11 is 0. The number of ether oxygens (including phenoxy) is 2. The minimum Gasteiger partial charge on any atom is -0.444 e. The van der Waals surface area contributed by atoms with Gasteiger partial charge >= 0.3 is 19.2 Å². The molecule has 3 saturated heterocycles. The van der Waals surface area contributed by atoms with Gasteiger partial charge in [0.1, 0.15) is 11.8 Å². The minimum absolute atomic E-state index is 0.0626. The van der Waals surface area contributed by atoms with E-state index in [1.54, 1.807) is 9.80 Å². The Bertz CT molecular complexity index is 1150. The van der Waals surface area contributed by atoms with Gasteiger partial charge in [0.25, 0.3) is 0 Å². The molecular formula is C30H45BFN3O6. The Kier molecular flexibility index (Phi) is 8.11. The number of morpholine rings is 1. The Balaban J connectivity index is 1.51. The van der Waals surface area contributed by atoms with Crippen LogP contribution in [-0.4, -0.2) is 96.3 Å². The van der Waals surface area contributed by atoms with Crippen LogP contribution in [0.2, 0.25) is 0 Å². The average Bonchev–Trinajstić information content (AvgIpc) is 3.13. The second-order valence-corrected chi connectivity index (χ2v) is 13.7. The number of amides is 3. The number of benzene rings is 1. The van der Waals surface area contributed by atoms with Crippen molar-refractivity contribution in [1.82, 2.24) is 14.7 Å². The predicted octanol–water partition coefficient (Wildman–Crippen LogP) is 4.21. The van der Waals surface area contributed by atoms with Crippen molar-refractivity contribution in [2.24, 2.45) is 0 Å². The topological polar surface area (TPSA) is 80.8 Å². The van der Waals surface area contributed by atoms with Gasteiger partial charge in [-0.1, -0.05) is 12.1 Å². The molecule has 226 valence electrons. The van der Waals surface area contributed by atoms with Crippen molar-refractivity contribution in [1.29, 1.82) is 0 Å². The van der Waals surface area contributed by atoms with Gasteiger partial charge in [-0.05, 0) is 89.9 Å². The van der Waals surface area contributed by atoms with E-state index in [1.165, 1.54) is 0 Å². The van der Waals surface area contributed by atoms with Gasteiger partial charge in [0, 0.05) is 32.7 Å². The van der Waals surface area contributed by atoms with Gasteiger partial charge in [-0.25, -0.2) is 14.0 Å². The Morgan fingerprint density at radius 1 is 1.00 bits per heavy atom. The highest BCUT2D eigenvalue weighted by Crippen LogP contribution is 2.38. The van der Waals surface area contributed by atoms with Crippen LogP contribution >= 0.6 is 0 Å². The zero-order chi connectivity index (χ0) is 29.7. The first-order valence-corrected chi connectivity index (χ1v) is 14.9. The van der Waals surface area contributed by atoms with Crippen LogP contribution in [0.4, 0.5) is 14.0 Å². The third kappa shape index (κ3) is 6.22. The Morgan fingerprint density at radius 2 is 1.66 bits per heavy atom. The summed E-state index contributed by atoms with van der Waals surface area (Å²) in [5.74, 6) is 0. The fraction of sp³-hybridized carbons (Fsp3) is 0.733. The summed E-state index contributed by atoms with van der Waals surface area (Å²) in [6.07, 6.45) is 0.178. The van der Waals surface area contributed by atoms with E-state index >= 15 is 0 Å². The van der Waals surface area contributed by atoms with Crippen molar-refractivity contribution in [2.75, 3.05) is 39.4 Å². The van der Waals surface area contributed by atoms with E-state index in [-0.39, 0.29) is 6.03 Å². The van der Waals surface area contributed by atoms with Crippen LogP contribution in [0.15, 0.2) is 12.1 Å². The SMILES string of the molecule is CC(C)(C)OC(=O)N1CCOC[C@H]1c1cc(B2OC(C)(C)C(C)(C)O2)cc2c1CN(C(=O)N1CCC(F)CC1)CC2. The van der Waals surface area contributed by atoms with Gasteiger partial charge < -0.3 is 28.6 Å². The van der Waals surface area contributed by atoms with Crippen LogP contribution in [0.3, 0.4) is 0 Å². The average molecular weight is 574 g/mol. The lowest BCUT2D eigenvalue weighted by atomic mass is 9.74. The van der Waals surface area contributed by atoms with Crippen molar-refractivity contribution in [3.63, 3.8) is 0 Å². The number of carbonyl (C=O) groups is 2. The number of rotatable bonds is 2. The third-order valence-electron chi connectivity index (χ3n) is 9.01. The van der Waals surface area contributed by atoms with E-state index < -0.39 is 42.2 Å². The molecule has 4 aliphatic rings. The van der Waals surface area contributed by atoms with Gasteiger partial charge in [-0.15, -0.1) is 0 Å². The van der Waals surface area contributed by atoms with Crippen LogP contribution in [0.25, 0.3) is 0 Å². The molecule has 3 fully saturated rings. The molecule has 9 nitrogen and oxygen atoms in total. The molecule has 0 unspecified atom stereocenters. The van der Waals surface area contributed by atoms with Crippen molar-refractivity contribution < 1.29 is 32.8 Å². The van der Waals surface area contributed by atoms with Crippen molar-refractivity contribution in [2.45, 2.75) is 103 Å². The van der Waals surface area contributed by atoms with Crippen molar-refractivity contribution >= 4 is 24.7 Å². The highest BCUT2D eigenvalue weighted by Gasteiger charge is 2.52. The van der Waals surface area contributed by atoms with Gasteiger partial charge in [0.2, 0.25) is 0 Å². The zero-order valence-electron chi connectivity index (χ0n) is 25.6. The normalized spacial score (nSPS) is 24.8. The van der Waals surface area contributed by atoms with Gasteiger partial charge in [-0.3, -0.25) is 4.90 Å². The van der Waals surface area contributed by atoms with E-state index in [2.05, 4.69) is 12.1 Å². The van der Waals surface area contributed by atoms with E-state index in [4.69, 9.17) is 18.8 Å². The third-order valence-corrected chi connectivity index (χ3v) is 9.01. The number of alkyl halides is 1. The number of urea groups is 1. The maximum absolute atomic E-state index is 13.8. The molecule has 1 atom stereocenters. The number of nitrogens with zero attached hydrogens (tertiary/aromatic N) is 3. The molecule has 41 heavy (non-hydrogen) atoms. The van der Waals surface area contributed by atoms with Gasteiger partial charge in [-0.2, -0.15) is 0 Å². The number of piperidine rings is 1. The van der Waals surface area contributed by atoms with E-state index in [1.807, 2.05) is 53.4 Å². The predicted molar refractivity (Wildman–Crippen MR) is 154 cm³/mol. The highest BCUT2D eigenvalue weighted by molar-refractivity contribution is 6.62. The summed E-state index contributed by atoms with van der Waals surface area (Å²) in [6.45, 7) is 16.6. The molecule has 0 aliphatic carbocycles. The van der Waals surface area contributed by atoms with E-state index in [0.29, 0.717) is 65.2 Å². The Hall–Kier alpha value is -2.37. The first-order valence-electron chi connectivity index (χ1n) is 14.9. The summed E-state index contributed by atoms with van der Waals surface area (Å²) in [7, 11) is -0.565. The number of likely N-dealkylation sites (tertiary alicyclic amines) is 1. The lowest BCUT2D eigenvalue weighted by molar-refractivity contribution is -0.0334. The molecule has 4 aliphatic heterocycles. The van der Waals surface area contributed by atoms with E-state index in [9.17, 15) is 14.0 Å². The lowest BCUT2D eigenvalue weighted by Gasteiger charge is -2.40. The molecule has 0 saturated carbocycles. The van der Waals surface area contributed by atoms with Crippen LogP contribution in [0.1, 0.15) is 84.0 Å². The van der Waals surface area contributed by atoms with Crippen LogP contribution in [0, 0.1) is 0 Å². The molecule has 0 N–H and O–H groups in total. The quantitative estimate of drug-likeness (QED) is 0.494. The largest absolute Gasteiger partial charge is 0.494 e. The first-order chi connectivity index (χ1) is 19.1. The number of halogens is 1. The Morgan fingerprint density at radius 3 is 2.29 bits per heavy atom. The first kappa shape index (κ1) is 30.1. The van der Waals surface area contributed by atoms with Crippen LogP contribution in [-0.2, 0) is 31.7 Å². The molecule has 1 aromatic rings. The number of hydrogen-bond acceptors (Lipinski definition) is 6. The smallest absolute Gasteiger partial charge is 0.444 e. The van der Waals surface area contributed by atoms with E-state index in [0.717, 1.165) is 22.2 Å². The second kappa shape index (κ2) is 11.0. The minimum atomic E-state index is -0.841. The molecule has 0 aromatic heterocycles. The van der Waals surface area contributed by atoms with Crippen LogP contribution < -0.4 is 5.46 Å². The summed E-state index contributed by atoms with van der Waals surface area (Å²) in [5.41, 5.74) is 2.28. The molecule has 0 radical (unpaired) electrons. The molecule has 3 amide bonds. The van der Waals surface area contributed by atoms with Gasteiger partial charge in [0.15, 0.2) is 0 Å².